The lowest BCUT2D eigenvalue weighted by molar-refractivity contribution is -0.870. The van der Waals surface area contributed by atoms with Gasteiger partial charge in [0.2, 0.25) is 0 Å². The molecule has 0 aliphatic rings. The number of esters is 2. The van der Waals surface area contributed by atoms with Gasteiger partial charge < -0.3 is 33.3 Å². The number of rotatable bonds is 68. The highest BCUT2D eigenvalue weighted by atomic mass is 16.7. The number of carbonyl (C=O) groups is 3. The molecule has 9 nitrogen and oxygen atoms in total. The molecular weight excluding hydrogens is 1010 g/mol. The zero-order chi connectivity index (χ0) is 59.1. The van der Waals surface area contributed by atoms with E-state index in [-0.39, 0.29) is 32.2 Å². The number of allylic oxidation sites excluding steroid dienone is 2. The Bertz CT molecular complexity index is 1330. The van der Waals surface area contributed by atoms with Crippen LogP contribution in [-0.2, 0) is 33.3 Å². The normalized spacial score (nSPS) is 12.7. The number of carboxylic acid groups (broad SMARTS) is 1. The van der Waals surface area contributed by atoms with Crippen molar-refractivity contribution < 1.29 is 42.9 Å². The number of likely N-dealkylation sites (N-methyl/N-ethyl adjacent to an activating group) is 1. The number of aliphatic carboxylic acids is 1. The standard InChI is InChI=1S/C72H139NO8/c1-6-8-10-12-14-16-18-20-22-24-26-28-30-31-32-33-34-35-36-37-38-39-41-42-44-46-48-50-52-54-56-58-60-62-69(74)79-66-68(67-80-72(71(76)77)78-65-64-73(3,4)5)81-70(75)63-61-59-57-55-53-51-49-47-45-43-40-29-27-25-23-21-19-17-15-13-11-9-7-2/h25,27,68,72H,6-24,26,28-67H2,1-5H3/b27-25-. The molecule has 0 fully saturated rings. The average molecular weight is 1150 g/mol. The van der Waals surface area contributed by atoms with Gasteiger partial charge in [0.25, 0.3) is 0 Å². The molecule has 9 heteroatoms. The van der Waals surface area contributed by atoms with E-state index in [0.29, 0.717) is 17.4 Å². The molecule has 0 aliphatic heterocycles. The highest BCUT2D eigenvalue weighted by molar-refractivity contribution is 5.70. The first kappa shape index (κ1) is 79.0. The summed E-state index contributed by atoms with van der Waals surface area (Å²) >= 11 is 0. The van der Waals surface area contributed by atoms with E-state index in [1.54, 1.807) is 0 Å². The molecule has 0 aromatic carbocycles. The van der Waals surface area contributed by atoms with Crippen molar-refractivity contribution >= 4 is 17.9 Å². The summed E-state index contributed by atoms with van der Waals surface area (Å²) in [5, 5.41) is 11.8. The third-order valence-electron chi connectivity index (χ3n) is 16.5. The minimum absolute atomic E-state index is 0.152. The van der Waals surface area contributed by atoms with Crippen molar-refractivity contribution in [1.82, 2.24) is 0 Å². The highest BCUT2D eigenvalue weighted by Crippen LogP contribution is 2.19. The number of unbranched alkanes of at least 4 members (excludes halogenated alkanes) is 51. The predicted octanol–water partition coefficient (Wildman–Crippen LogP) is 20.7. The van der Waals surface area contributed by atoms with Crippen LogP contribution in [0.1, 0.15) is 373 Å². The van der Waals surface area contributed by atoms with Gasteiger partial charge in [-0.05, 0) is 38.5 Å². The molecule has 0 spiro atoms. The van der Waals surface area contributed by atoms with Crippen LogP contribution in [0.3, 0.4) is 0 Å². The Morgan fingerprint density at radius 2 is 0.630 bits per heavy atom. The van der Waals surface area contributed by atoms with Crippen molar-refractivity contribution in [1.29, 1.82) is 0 Å². The van der Waals surface area contributed by atoms with Crippen molar-refractivity contribution in [3.63, 3.8) is 0 Å². The van der Waals surface area contributed by atoms with Crippen molar-refractivity contribution in [2.75, 3.05) is 47.5 Å². The Balaban J connectivity index is 4.01. The van der Waals surface area contributed by atoms with Crippen LogP contribution in [-0.4, -0.2) is 82.3 Å². The van der Waals surface area contributed by atoms with E-state index in [9.17, 15) is 19.5 Å². The minimum atomic E-state index is -1.62. The van der Waals surface area contributed by atoms with E-state index in [0.717, 1.165) is 38.5 Å². The first-order valence-electron chi connectivity index (χ1n) is 35.8. The van der Waals surface area contributed by atoms with Gasteiger partial charge in [0.05, 0.1) is 40.3 Å². The third kappa shape index (κ3) is 65.4. The molecule has 0 radical (unpaired) electrons. The summed E-state index contributed by atoms with van der Waals surface area (Å²) in [6.45, 7) is 4.83. The predicted molar refractivity (Wildman–Crippen MR) is 343 cm³/mol. The van der Waals surface area contributed by atoms with Gasteiger partial charge in [-0.1, -0.05) is 334 Å². The summed E-state index contributed by atoms with van der Waals surface area (Å²) in [4.78, 5) is 37.5. The van der Waals surface area contributed by atoms with Gasteiger partial charge in [-0.15, -0.1) is 0 Å². The van der Waals surface area contributed by atoms with E-state index < -0.39 is 24.3 Å². The molecule has 0 saturated carbocycles. The summed E-state index contributed by atoms with van der Waals surface area (Å²) < 4.78 is 22.8. The fraction of sp³-hybridized carbons (Fsp3) is 0.931. The molecule has 0 aromatic heterocycles. The second-order valence-electron chi connectivity index (χ2n) is 25.9. The smallest absolute Gasteiger partial charge is 0.306 e. The molecule has 0 aromatic rings. The average Bonchev–Trinajstić information content (AvgIpc) is 3.44. The summed E-state index contributed by atoms with van der Waals surface area (Å²) in [5.74, 6) is -2.25. The van der Waals surface area contributed by atoms with E-state index >= 15 is 0 Å². The monoisotopic (exact) mass is 1150 g/mol. The molecule has 0 aliphatic carbocycles. The van der Waals surface area contributed by atoms with Gasteiger partial charge in [0, 0.05) is 12.8 Å². The number of quaternary nitrogens is 1. The largest absolute Gasteiger partial charge is 0.545 e. The van der Waals surface area contributed by atoms with Gasteiger partial charge in [0.1, 0.15) is 13.2 Å². The number of ether oxygens (including phenoxy) is 4. The van der Waals surface area contributed by atoms with Crippen LogP contribution in [0.2, 0.25) is 0 Å². The van der Waals surface area contributed by atoms with Crippen LogP contribution < -0.4 is 5.11 Å². The molecule has 0 heterocycles. The minimum Gasteiger partial charge on any atom is -0.545 e. The number of hydrogen-bond acceptors (Lipinski definition) is 8. The topological polar surface area (TPSA) is 111 Å². The van der Waals surface area contributed by atoms with Gasteiger partial charge in [-0.3, -0.25) is 9.59 Å². The Kier molecular flexibility index (Phi) is 62.5. The molecule has 480 valence electrons. The third-order valence-corrected chi connectivity index (χ3v) is 16.5. The lowest BCUT2D eigenvalue weighted by Gasteiger charge is -2.26. The van der Waals surface area contributed by atoms with Crippen LogP contribution in [0.5, 0.6) is 0 Å². The maximum atomic E-state index is 12.9. The summed E-state index contributed by atoms with van der Waals surface area (Å²) in [6, 6.07) is 0. The Morgan fingerprint density at radius 1 is 0.358 bits per heavy atom. The lowest BCUT2D eigenvalue weighted by atomic mass is 10.0. The number of hydrogen-bond donors (Lipinski definition) is 0. The molecule has 0 bridgehead atoms. The van der Waals surface area contributed by atoms with Crippen molar-refractivity contribution in [3.8, 4) is 0 Å². The summed E-state index contributed by atoms with van der Waals surface area (Å²) in [6.07, 6.45) is 74.5. The number of nitrogens with zero attached hydrogens (tertiary/aromatic N) is 1. The molecule has 0 rings (SSSR count). The number of carboxylic acids is 1. The lowest BCUT2D eigenvalue weighted by Crippen LogP contribution is -2.44. The van der Waals surface area contributed by atoms with E-state index in [4.69, 9.17) is 18.9 Å². The zero-order valence-corrected chi connectivity index (χ0v) is 54.9. The molecule has 0 saturated heterocycles. The fourth-order valence-electron chi connectivity index (χ4n) is 11.0. The molecule has 0 N–H and O–H groups in total. The Labute approximate surface area is 504 Å². The highest BCUT2D eigenvalue weighted by Gasteiger charge is 2.22. The Morgan fingerprint density at radius 3 is 0.914 bits per heavy atom. The quantitative estimate of drug-likeness (QED) is 0.0195. The van der Waals surface area contributed by atoms with E-state index in [1.165, 1.54) is 308 Å². The maximum absolute atomic E-state index is 12.9. The van der Waals surface area contributed by atoms with Crippen molar-refractivity contribution in [3.05, 3.63) is 12.2 Å². The molecular formula is C72H139NO8. The molecule has 81 heavy (non-hydrogen) atoms. The first-order chi connectivity index (χ1) is 39.6. The van der Waals surface area contributed by atoms with Crippen molar-refractivity contribution in [2.45, 2.75) is 386 Å². The maximum Gasteiger partial charge on any atom is 0.306 e. The van der Waals surface area contributed by atoms with Crippen molar-refractivity contribution in [2.24, 2.45) is 0 Å². The van der Waals surface area contributed by atoms with E-state index in [2.05, 4.69) is 26.0 Å². The van der Waals surface area contributed by atoms with Crippen LogP contribution in [0, 0.1) is 0 Å². The molecule has 2 unspecified atom stereocenters. The van der Waals surface area contributed by atoms with Gasteiger partial charge in [-0.25, -0.2) is 0 Å². The SMILES string of the molecule is CCCCCCCCCC/C=C\CCCCCCCCCCCCCC(=O)OC(COC(=O)CCCCCCCCCCCCCCCCCCCCCCCCCCCCCCCCCCC)COC(OCC[N+](C)(C)C)C(=O)[O-]. The van der Waals surface area contributed by atoms with Gasteiger partial charge in [0.15, 0.2) is 12.4 Å². The zero-order valence-electron chi connectivity index (χ0n) is 54.9. The van der Waals surface area contributed by atoms with Gasteiger partial charge in [-0.2, -0.15) is 0 Å². The van der Waals surface area contributed by atoms with Crippen LogP contribution in [0.4, 0.5) is 0 Å². The van der Waals surface area contributed by atoms with Crippen LogP contribution in [0.25, 0.3) is 0 Å². The number of carbonyl (C=O) groups excluding carboxylic acids is 3. The van der Waals surface area contributed by atoms with Crippen LogP contribution in [0.15, 0.2) is 12.2 Å². The summed E-state index contributed by atoms with van der Waals surface area (Å²) in [7, 11) is 5.95. The fourth-order valence-corrected chi connectivity index (χ4v) is 11.0. The second kappa shape index (κ2) is 64.0. The van der Waals surface area contributed by atoms with E-state index in [1.807, 2.05) is 21.1 Å². The summed E-state index contributed by atoms with van der Waals surface area (Å²) in [5.41, 5.74) is 0. The van der Waals surface area contributed by atoms with Gasteiger partial charge >= 0.3 is 11.9 Å². The van der Waals surface area contributed by atoms with Crippen LogP contribution >= 0.6 is 0 Å². The molecule has 0 amide bonds. The Hall–Kier alpha value is -1.97. The second-order valence-corrected chi connectivity index (χ2v) is 25.9. The molecule has 2 atom stereocenters. The first-order valence-corrected chi connectivity index (χ1v) is 35.8.